The number of methoxy groups -OCH3 is 1. The summed E-state index contributed by atoms with van der Waals surface area (Å²) in [5.74, 6) is -2.69. The zero-order valence-corrected chi connectivity index (χ0v) is 10.4. The molecule has 0 radical (unpaired) electrons. The Balaban J connectivity index is 2.75. The van der Waals surface area contributed by atoms with Crippen LogP contribution in [0.25, 0.3) is 0 Å². The zero-order chi connectivity index (χ0) is 13.2. The van der Waals surface area contributed by atoms with Gasteiger partial charge in [0.1, 0.15) is 5.38 Å². The van der Waals surface area contributed by atoms with Crippen LogP contribution in [0.2, 0.25) is 0 Å². The van der Waals surface area contributed by atoms with Crippen molar-refractivity contribution in [2.75, 3.05) is 26.8 Å². The third-order valence-electron chi connectivity index (χ3n) is 2.89. The third-order valence-corrected chi connectivity index (χ3v) is 3.08. The molecule has 1 aliphatic heterocycles. The lowest BCUT2D eigenvalue weighted by Crippen LogP contribution is -2.35. The van der Waals surface area contributed by atoms with Gasteiger partial charge in [0.15, 0.2) is 0 Å². The molecular weight excluding hydrogens is 259 g/mol. The first-order valence-electron chi connectivity index (χ1n) is 5.26. The largest absolute Gasteiger partial charge is 0.393 e. The van der Waals surface area contributed by atoms with Crippen LogP contribution in [0.3, 0.4) is 0 Å². The lowest BCUT2D eigenvalue weighted by atomic mass is 9.96. The first-order valence-corrected chi connectivity index (χ1v) is 5.69. The van der Waals surface area contributed by atoms with Crippen LogP contribution < -0.4 is 0 Å². The van der Waals surface area contributed by atoms with Gasteiger partial charge in [-0.25, -0.2) is 0 Å². The average molecular weight is 274 g/mol. The van der Waals surface area contributed by atoms with Crippen LogP contribution in [0, 0.1) is 11.8 Å². The van der Waals surface area contributed by atoms with Crippen LogP contribution in [0.15, 0.2) is 0 Å². The molecule has 0 aromatic rings. The SMILES string of the molecule is COC[C@@H]1CN(C(=O)[C@@H](C)Cl)C[C@@H]1C(F)(F)F. The first kappa shape index (κ1) is 14.6. The van der Waals surface area contributed by atoms with E-state index in [1.807, 2.05) is 0 Å². The van der Waals surface area contributed by atoms with Crippen molar-refractivity contribution < 1.29 is 22.7 Å². The van der Waals surface area contributed by atoms with Gasteiger partial charge in [0.05, 0.1) is 12.5 Å². The second-order valence-electron chi connectivity index (χ2n) is 4.22. The highest BCUT2D eigenvalue weighted by Crippen LogP contribution is 2.37. The maximum atomic E-state index is 12.7. The van der Waals surface area contributed by atoms with Crippen molar-refractivity contribution in [1.82, 2.24) is 4.90 Å². The molecule has 0 aromatic heterocycles. The van der Waals surface area contributed by atoms with Crippen molar-refractivity contribution in [3.8, 4) is 0 Å². The van der Waals surface area contributed by atoms with Gasteiger partial charge in [0.25, 0.3) is 0 Å². The number of amides is 1. The van der Waals surface area contributed by atoms with Gasteiger partial charge < -0.3 is 9.64 Å². The number of ether oxygens (including phenoxy) is 1. The summed E-state index contributed by atoms with van der Waals surface area (Å²) in [4.78, 5) is 12.7. The summed E-state index contributed by atoms with van der Waals surface area (Å²) in [5.41, 5.74) is 0. The Labute approximate surface area is 103 Å². The minimum Gasteiger partial charge on any atom is -0.384 e. The number of likely N-dealkylation sites (tertiary alicyclic amines) is 1. The lowest BCUT2D eigenvalue weighted by Gasteiger charge is -2.20. The first-order chi connectivity index (χ1) is 7.77. The summed E-state index contributed by atoms with van der Waals surface area (Å²) in [6.07, 6.45) is -4.31. The smallest absolute Gasteiger partial charge is 0.384 e. The van der Waals surface area contributed by atoms with Gasteiger partial charge in [0.2, 0.25) is 5.91 Å². The van der Waals surface area contributed by atoms with Crippen LogP contribution in [0.4, 0.5) is 13.2 Å². The molecule has 1 saturated heterocycles. The van der Waals surface area contributed by atoms with Crippen LogP contribution in [0.5, 0.6) is 0 Å². The van der Waals surface area contributed by atoms with Gasteiger partial charge in [0, 0.05) is 26.1 Å². The Morgan fingerprint density at radius 2 is 2.12 bits per heavy atom. The highest BCUT2D eigenvalue weighted by Gasteiger charge is 2.50. The lowest BCUT2D eigenvalue weighted by molar-refractivity contribution is -0.183. The monoisotopic (exact) mass is 273 g/mol. The van der Waals surface area contributed by atoms with Crippen LogP contribution in [-0.2, 0) is 9.53 Å². The second-order valence-corrected chi connectivity index (χ2v) is 4.88. The summed E-state index contributed by atoms with van der Waals surface area (Å²) >= 11 is 5.59. The molecule has 1 fully saturated rings. The van der Waals surface area contributed by atoms with Gasteiger partial charge in [-0.1, -0.05) is 0 Å². The van der Waals surface area contributed by atoms with E-state index in [4.69, 9.17) is 16.3 Å². The van der Waals surface area contributed by atoms with Crippen molar-refractivity contribution in [3.05, 3.63) is 0 Å². The Morgan fingerprint density at radius 1 is 1.53 bits per heavy atom. The molecule has 100 valence electrons. The van der Waals surface area contributed by atoms with E-state index in [2.05, 4.69) is 0 Å². The fraction of sp³-hybridized carbons (Fsp3) is 0.900. The molecule has 0 aromatic carbocycles. The quantitative estimate of drug-likeness (QED) is 0.735. The van der Waals surface area contributed by atoms with E-state index in [-0.39, 0.29) is 19.7 Å². The molecule has 0 N–H and O–H groups in total. The number of hydrogen-bond acceptors (Lipinski definition) is 2. The number of rotatable bonds is 3. The molecule has 7 heteroatoms. The predicted octanol–water partition coefficient (Wildman–Crippen LogP) is 1.90. The van der Waals surface area contributed by atoms with E-state index in [9.17, 15) is 18.0 Å². The minimum absolute atomic E-state index is 0.00930. The van der Waals surface area contributed by atoms with Gasteiger partial charge >= 0.3 is 6.18 Å². The topological polar surface area (TPSA) is 29.5 Å². The number of halogens is 4. The number of hydrogen-bond donors (Lipinski definition) is 0. The summed E-state index contributed by atoms with van der Waals surface area (Å²) in [6, 6.07) is 0. The van der Waals surface area contributed by atoms with Crippen LogP contribution in [0.1, 0.15) is 6.92 Å². The van der Waals surface area contributed by atoms with E-state index in [0.717, 1.165) is 0 Å². The van der Waals surface area contributed by atoms with E-state index in [1.165, 1.54) is 18.9 Å². The highest BCUT2D eigenvalue weighted by atomic mass is 35.5. The van der Waals surface area contributed by atoms with Crippen molar-refractivity contribution in [3.63, 3.8) is 0 Å². The summed E-state index contributed by atoms with van der Waals surface area (Å²) in [6.45, 7) is 1.17. The predicted molar refractivity (Wildman–Crippen MR) is 56.8 cm³/mol. The molecular formula is C10H15ClF3NO2. The van der Waals surface area contributed by atoms with E-state index in [1.54, 1.807) is 0 Å². The number of nitrogens with zero attached hydrogens (tertiary/aromatic N) is 1. The summed E-state index contributed by atoms with van der Waals surface area (Å²) in [7, 11) is 1.35. The molecule has 3 nitrogen and oxygen atoms in total. The molecule has 1 rings (SSSR count). The number of alkyl halides is 4. The normalized spacial score (nSPS) is 27.3. The van der Waals surface area contributed by atoms with Crippen molar-refractivity contribution in [2.45, 2.75) is 18.5 Å². The van der Waals surface area contributed by atoms with E-state index >= 15 is 0 Å². The molecule has 0 spiro atoms. The van der Waals surface area contributed by atoms with E-state index in [0.29, 0.717) is 0 Å². The fourth-order valence-corrected chi connectivity index (χ4v) is 2.19. The molecule has 1 aliphatic rings. The molecule has 0 saturated carbocycles. The van der Waals surface area contributed by atoms with Gasteiger partial charge in [-0.2, -0.15) is 13.2 Å². The Hall–Kier alpha value is -0.490. The zero-order valence-electron chi connectivity index (χ0n) is 9.63. The van der Waals surface area contributed by atoms with Crippen molar-refractivity contribution in [1.29, 1.82) is 0 Å². The van der Waals surface area contributed by atoms with Crippen LogP contribution in [-0.4, -0.2) is 49.2 Å². The van der Waals surface area contributed by atoms with Gasteiger partial charge in [-0.3, -0.25) is 4.79 Å². The molecule has 1 amide bonds. The molecule has 1 heterocycles. The highest BCUT2D eigenvalue weighted by molar-refractivity contribution is 6.30. The minimum atomic E-state index is -4.31. The Kier molecular flexibility index (Phi) is 4.66. The molecule has 0 bridgehead atoms. The molecule has 0 unspecified atom stereocenters. The van der Waals surface area contributed by atoms with Crippen LogP contribution >= 0.6 is 11.6 Å². The maximum Gasteiger partial charge on any atom is 0.393 e. The van der Waals surface area contributed by atoms with Crippen molar-refractivity contribution in [2.24, 2.45) is 11.8 Å². The van der Waals surface area contributed by atoms with Gasteiger partial charge in [-0.15, -0.1) is 11.6 Å². The molecule has 0 aliphatic carbocycles. The fourth-order valence-electron chi connectivity index (χ4n) is 2.06. The third kappa shape index (κ3) is 3.48. The maximum absolute atomic E-state index is 12.7. The van der Waals surface area contributed by atoms with Gasteiger partial charge in [-0.05, 0) is 6.92 Å². The van der Waals surface area contributed by atoms with Crippen molar-refractivity contribution >= 4 is 17.5 Å². The molecule has 17 heavy (non-hydrogen) atoms. The summed E-state index contributed by atoms with van der Waals surface area (Å²) in [5, 5.41) is -0.801. The standard InChI is InChI=1S/C10H15ClF3NO2/c1-6(11)9(16)15-3-7(5-17-2)8(4-15)10(12,13)14/h6-8H,3-5H2,1-2H3/t6-,7+,8+/m1/s1. The summed E-state index contributed by atoms with van der Waals surface area (Å²) < 4.78 is 43.0. The Bertz CT molecular complexity index is 283. The molecule has 3 atom stereocenters. The number of carbonyl (C=O) groups is 1. The van der Waals surface area contributed by atoms with E-state index < -0.39 is 29.3 Å². The Morgan fingerprint density at radius 3 is 2.53 bits per heavy atom. The average Bonchev–Trinajstić information content (AvgIpc) is 2.60. The number of carbonyl (C=O) groups excluding carboxylic acids is 1. The second kappa shape index (κ2) is 5.44.